The lowest BCUT2D eigenvalue weighted by atomic mass is 10.1. The van der Waals surface area contributed by atoms with Gasteiger partial charge in [0.1, 0.15) is 28.6 Å². The van der Waals surface area contributed by atoms with Gasteiger partial charge < -0.3 is 4.42 Å². The first-order valence-corrected chi connectivity index (χ1v) is 5.27. The summed E-state index contributed by atoms with van der Waals surface area (Å²) in [6.07, 6.45) is 1.37. The van der Waals surface area contributed by atoms with Gasteiger partial charge in [-0.05, 0) is 18.6 Å². The largest absolute Gasteiger partial charge is 0.467 e. The highest BCUT2D eigenvalue weighted by molar-refractivity contribution is 6.22. The van der Waals surface area contributed by atoms with Crippen LogP contribution in [0.4, 0.5) is 13.2 Å². The molecule has 1 atom stereocenters. The Kier molecular flexibility index (Phi) is 3.15. The van der Waals surface area contributed by atoms with Gasteiger partial charge in [-0.3, -0.25) is 0 Å². The van der Waals surface area contributed by atoms with Crippen LogP contribution in [-0.4, -0.2) is 0 Å². The Morgan fingerprint density at radius 3 is 2.24 bits per heavy atom. The lowest BCUT2D eigenvalue weighted by molar-refractivity contribution is 0.487. The van der Waals surface area contributed by atoms with Crippen LogP contribution < -0.4 is 0 Å². The van der Waals surface area contributed by atoms with E-state index in [1.165, 1.54) is 6.26 Å². The van der Waals surface area contributed by atoms with Crippen LogP contribution in [0.2, 0.25) is 0 Å². The van der Waals surface area contributed by atoms with E-state index in [9.17, 15) is 13.2 Å². The third-order valence-corrected chi connectivity index (χ3v) is 2.85. The van der Waals surface area contributed by atoms with E-state index in [4.69, 9.17) is 16.0 Å². The van der Waals surface area contributed by atoms with E-state index in [1.54, 1.807) is 13.0 Å². The van der Waals surface area contributed by atoms with Crippen molar-refractivity contribution >= 4 is 11.6 Å². The van der Waals surface area contributed by atoms with E-state index in [1.807, 2.05) is 0 Å². The molecule has 0 bridgehead atoms. The molecule has 0 aliphatic rings. The van der Waals surface area contributed by atoms with Crippen LogP contribution in [0, 0.1) is 24.4 Å². The van der Waals surface area contributed by atoms with Crippen LogP contribution in [0.1, 0.15) is 22.3 Å². The van der Waals surface area contributed by atoms with Crippen LogP contribution >= 0.6 is 11.6 Å². The number of furan rings is 1. The van der Waals surface area contributed by atoms with Gasteiger partial charge >= 0.3 is 0 Å². The maximum absolute atomic E-state index is 13.5. The van der Waals surface area contributed by atoms with Gasteiger partial charge in [-0.2, -0.15) is 0 Å². The Balaban J connectivity index is 2.51. The Morgan fingerprint density at radius 2 is 1.76 bits per heavy atom. The zero-order valence-electron chi connectivity index (χ0n) is 8.81. The first-order valence-electron chi connectivity index (χ1n) is 4.83. The number of benzene rings is 1. The summed E-state index contributed by atoms with van der Waals surface area (Å²) in [7, 11) is 0. The maximum atomic E-state index is 13.5. The average molecular weight is 261 g/mol. The number of aryl methyl sites for hydroxylation is 1. The predicted octanol–water partition coefficient (Wildman–Crippen LogP) is 4.33. The van der Waals surface area contributed by atoms with Crippen LogP contribution in [-0.2, 0) is 0 Å². The summed E-state index contributed by atoms with van der Waals surface area (Å²) in [4.78, 5) is 0. The molecule has 0 saturated heterocycles. The fourth-order valence-electron chi connectivity index (χ4n) is 1.57. The van der Waals surface area contributed by atoms with Gasteiger partial charge in [0.2, 0.25) is 0 Å². The highest BCUT2D eigenvalue weighted by Crippen LogP contribution is 2.34. The zero-order valence-corrected chi connectivity index (χ0v) is 9.56. The molecule has 1 unspecified atom stereocenters. The van der Waals surface area contributed by atoms with Crippen molar-refractivity contribution in [3.05, 3.63) is 58.8 Å². The van der Waals surface area contributed by atoms with Gasteiger partial charge in [-0.15, -0.1) is 11.6 Å². The molecule has 2 aromatic rings. The molecule has 0 aliphatic carbocycles. The van der Waals surface area contributed by atoms with Crippen LogP contribution in [0.5, 0.6) is 0 Å². The summed E-state index contributed by atoms with van der Waals surface area (Å²) < 4.78 is 44.8. The molecule has 1 heterocycles. The van der Waals surface area contributed by atoms with E-state index >= 15 is 0 Å². The standard InChI is InChI=1S/C12H8ClF3O/c1-6-2-3-17-12(6)11(13)10-8(15)4-7(14)5-9(10)16/h2-5,11H,1H3. The average Bonchev–Trinajstić information content (AvgIpc) is 2.62. The molecule has 1 aromatic carbocycles. The summed E-state index contributed by atoms with van der Waals surface area (Å²) in [6.45, 7) is 1.70. The van der Waals surface area contributed by atoms with Crippen molar-refractivity contribution in [3.8, 4) is 0 Å². The van der Waals surface area contributed by atoms with Crippen molar-refractivity contribution in [2.75, 3.05) is 0 Å². The first kappa shape index (κ1) is 12.0. The molecular formula is C12H8ClF3O. The number of hydrogen-bond donors (Lipinski definition) is 0. The van der Waals surface area contributed by atoms with Crippen LogP contribution in [0.25, 0.3) is 0 Å². The van der Waals surface area contributed by atoms with Gasteiger partial charge in [-0.1, -0.05) is 0 Å². The third-order valence-electron chi connectivity index (χ3n) is 2.43. The molecule has 90 valence electrons. The molecule has 17 heavy (non-hydrogen) atoms. The Morgan fingerprint density at radius 1 is 1.18 bits per heavy atom. The molecule has 0 saturated carbocycles. The quantitative estimate of drug-likeness (QED) is 0.733. The maximum Gasteiger partial charge on any atom is 0.134 e. The second-order valence-electron chi connectivity index (χ2n) is 3.61. The Bertz CT molecular complexity index is 527. The smallest absolute Gasteiger partial charge is 0.134 e. The minimum atomic E-state index is -1.12. The molecule has 0 amide bonds. The molecule has 0 spiro atoms. The Labute approximate surface area is 101 Å². The summed E-state index contributed by atoms with van der Waals surface area (Å²) in [5.41, 5.74) is 0.263. The Hall–Kier alpha value is -1.42. The minimum Gasteiger partial charge on any atom is -0.467 e. The second kappa shape index (κ2) is 4.45. The van der Waals surface area contributed by atoms with E-state index in [0.29, 0.717) is 17.7 Å². The van der Waals surface area contributed by atoms with E-state index in [0.717, 1.165) is 0 Å². The summed E-state index contributed by atoms with van der Waals surface area (Å²) >= 11 is 5.94. The molecule has 0 fully saturated rings. The van der Waals surface area contributed by atoms with Crippen molar-refractivity contribution in [2.24, 2.45) is 0 Å². The first-order chi connectivity index (χ1) is 8.00. The number of hydrogen-bond acceptors (Lipinski definition) is 1. The zero-order chi connectivity index (χ0) is 12.6. The fourth-order valence-corrected chi connectivity index (χ4v) is 2.00. The van der Waals surface area contributed by atoms with E-state index in [2.05, 4.69) is 0 Å². The fraction of sp³-hybridized carbons (Fsp3) is 0.167. The molecule has 0 N–H and O–H groups in total. The summed E-state index contributed by atoms with van der Waals surface area (Å²) in [6, 6.07) is 2.81. The topological polar surface area (TPSA) is 13.1 Å². The third kappa shape index (κ3) is 2.17. The monoisotopic (exact) mass is 260 g/mol. The van der Waals surface area contributed by atoms with Crippen LogP contribution in [0.15, 0.2) is 28.9 Å². The van der Waals surface area contributed by atoms with Crippen molar-refractivity contribution in [2.45, 2.75) is 12.3 Å². The van der Waals surface area contributed by atoms with Gasteiger partial charge in [0.25, 0.3) is 0 Å². The normalized spacial score (nSPS) is 12.8. The van der Waals surface area contributed by atoms with Gasteiger partial charge in [0.05, 0.1) is 6.26 Å². The summed E-state index contributed by atoms with van der Waals surface area (Å²) in [5.74, 6) is -2.79. The molecule has 0 radical (unpaired) electrons. The molecule has 2 rings (SSSR count). The number of rotatable bonds is 2. The molecule has 1 nitrogen and oxygen atoms in total. The lowest BCUT2D eigenvalue weighted by Gasteiger charge is -2.10. The predicted molar refractivity (Wildman–Crippen MR) is 57.5 cm³/mol. The molecule has 5 heteroatoms. The summed E-state index contributed by atoms with van der Waals surface area (Å²) in [5, 5.41) is -1.12. The van der Waals surface area contributed by atoms with E-state index in [-0.39, 0.29) is 5.76 Å². The van der Waals surface area contributed by atoms with Gasteiger partial charge in [0.15, 0.2) is 0 Å². The number of alkyl halides is 1. The molecule has 1 aromatic heterocycles. The SMILES string of the molecule is Cc1ccoc1C(Cl)c1c(F)cc(F)cc1F. The van der Waals surface area contributed by atoms with Gasteiger partial charge in [-0.25, -0.2) is 13.2 Å². The van der Waals surface area contributed by atoms with Crippen molar-refractivity contribution in [3.63, 3.8) is 0 Å². The molecule has 0 aliphatic heterocycles. The highest BCUT2D eigenvalue weighted by atomic mass is 35.5. The van der Waals surface area contributed by atoms with Crippen molar-refractivity contribution < 1.29 is 17.6 Å². The second-order valence-corrected chi connectivity index (χ2v) is 4.05. The minimum absolute atomic E-state index is 0.246. The lowest BCUT2D eigenvalue weighted by Crippen LogP contribution is -2.02. The van der Waals surface area contributed by atoms with Gasteiger partial charge in [0, 0.05) is 17.7 Å². The van der Waals surface area contributed by atoms with Crippen LogP contribution in [0.3, 0.4) is 0 Å². The van der Waals surface area contributed by atoms with Crippen molar-refractivity contribution in [1.82, 2.24) is 0 Å². The highest BCUT2D eigenvalue weighted by Gasteiger charge is 2.24. The van der Waals surface area contributed by atoms with Crippen molar-refractivity contribution in [1.29, 1.82) is 0 Å². The number of halogens is 4. The van der Waals surface area contributed by atoms with E-state index < -0.39 is 28.4 Å². The molecular weight excluding hydrogens is 253 g/mol.